The maximum absolute atomic E-state index is 2.34. The highest BCUT2D eigenvalue weighted by Crippen LogP contribution is 2.20. The van der Waals surface area contributed by atoms with Gasteiger partial charge in [-0.05, 0) is 26.2 Å². The Kier molecular flexibility index (Phi) is 8.68. The zero-order valence-corrected chi connectivity index (χ0v) is 14.8. The molecule has 0 spiro atoms. The normalized spacial score (nSPS) is 11.8. The summed E-state index contributed by atoms with van der Waals surface area (Å²) in [6.45, 7) is 14.4. The molecule has 120 valence electrons. The highest BCUT2D eigenvalue weighted by Gasteiger charge is 2.26. The van der Waals surface area contributed by atoms with E-state index in [1.165, 1.54) is 80.3 Å². The molecule has 0 fully saturated rings. The van der Waals surface area contributed by atoms with Crippen LogP contribution in [0.25, 0.3) is 0 Å². The molecule has 0 saturated carbocycles. The average Bonchev–Trinajstić information content (AvgIpc) is 2.51. The van der Waals surface area contributed by atoms with Crippen molar-refractivity contribution in [1.82, 2.24) is 0 Å². The van der Waals surface area contributed by atoms with Crippen molar-refractivity contribution in [3.8, 4) is 0 Å². The van der Waals surface area contributed by atoms with Gasteiger partial charge < -0.3 is 4.48 Å². The van der Waals surface area contributed by atoms with Crippen LogP contribution in [0.5, 0.6) is 0 Å². The maximum atomic E-state index is 2.34. The standard InChI is InChI=1S/C20H36N/c1-5-8-15-21(16-9-6-2,17-10-7-3)18-20-13-11-19(4)12-14-20/h11-14H,5-10,15-18H2,1-4H3/q+1. The molecular weight excluding hydrogens is 254 g/mol. The lowest BCUT2D eigenvalue weighted by molar-refractivity contribution is -0.941. The minimum absolute atomic E-state index is 1.22. The monoisotopic (exact) mass is 290 g/mol. The summed E-state index contributed by atoms with van der Waals surface area (Å²) in [6, 6.07) is 9.21. The van der Waals surface area contributed by atoms with Crippen LogP contribution in [0.2, 0.25) is 0 Å². The van der Waals surface area contributed by atoms with E-state index >= 15 is 0 Å². The quantitative estimate of drug-likeness (QED) is 0.458. The lowest BCUT2D eigenvalue weighted by Gasteiger charge is -2.39. The fourth-order valence-electron chi connectivity index (χ4n) is 3.13. The first-order chi connectivity index (χ1) is 10.2. The molecule has 1 rings (SSSR count). The van der Waals surface area contributed by atoms with Gasteiger partial charge in [0.2, 0.25) is 0 Å². The summed E-state index contributed by atoms with van der Waals surface area (Å²) in [7, 11) is 0. The van der Waals surface area contributed by atoms with Crippen LogP contribution in [0.15, 0.2) is 24.3 Å². The number of hydrogen-bond donors (Lipinski definition) is 0. The SMILES string of the molecule is CCCC[N+](CCCC)(CCCC)Cc1ccc(C)cc1. The summed E-state index contributed by atoms with van der Waals surface area (Å²) in [5, 5.41) is 0. The van der Waals surface area contributed by atoms with Gasteiger partial charge in [-0.15, -0.1) is 0 Å². The lowest BCUT2D eigenvalue weighted by atomic mass is 10.1. The molecule has 0 radical (unpaired) electrons. The van der Waals surface area contributed by atoms with E-state index in [0.717, 1.165) is 0 Å². The van der Waals surface area contributed by atoms with Crippen LogP contribution in [0.3, 0.4) is 0 Å². The summed E-state index contributed by atoms with van der Waals surface area (Å²) < 4.78 is 1.30. The lowest BCUT2D eigenvalue weighted by Crippen LogP contribution is -2.49. The maximum Gasteiger partial charge on any atom is 0.104 e. The predicted molar refractivity (Wildman–Crippen MR) is 94.5 cm³/mol. The van der Waals surface area contributed by atoms with E-state index in [-0.39, 0.29) is 0 Å². The third-order valence-electron chi connectivity index (χ3n) is 4.60. The summed E-state index contributed by atoms with van der Waals surface area (Å²) in [4.78, 5) is 0. The Hall–Kier alpha value is -0.820. The number of rotatable bonds is 11. The fourth-order valence-corrected chi connectivity index (χ4v) is 3.13. The van der Waals surface area contributed by atoms with Crippen LogP contribution in [-0.4, -0.2) is 24.1 Å². The van der Waals surface area contributed by atoms with Gasteiger partial charge in [-0.3, -0.25) is 0 Å². The second kappa shape index (κ2) is 10.00. The van der Waals surface area contributed by atoms with Gasteiger partial charge in [0.1, 0.15) is 6.54 Å². The zero-order valence-electron chi connectivity index (χ0n) is 14.8. The van der Waals surface area contributed by atoms with Gasteiger partial charge >= 0.3 is 0 Å². The minimum Gasteiger partial charge on any atom is -0.320 e. The molecule has 1 aromatic rings. The van der Waals surface area contributed by atoms with Gasteiger partial charge in [0.05, 0.1) is 19.6 Å². The third kappa shape index (κ3) is 6.65. The topological polar surface area (TPSA) is 0 Å². The number of nitrogens with zero attached hydrogens (tertiary/aromatic N) is 1. The Morgan fingerprint density at radius 3 is 1.52 bits per heavy atom. The summed E-state index contributed by atoms with van der Waals surface area (Å²) in [5.74, 6) is 0. The number of quaternary nitrogens is 1. The average molecular weight is 291 g/mol. The van der Waals surface area contributed by atoms with Crippen molar-refractivity contribution in [3.05, 3.63) is 35.4 Å². The molecule has 0 unspecified atom stereocenters. The van der Waals surface area contributed by atoms with Crippen LogP contribution >= 0.6 is 0 Å². The van der Waals surface area contributed by atoms with E-state index in [4.69, 9.17) is 0 Å². The van der Waals surface area contributed by atoms with E-state index in [0.29, 0.717) is 0 Å². The number of benzene rings is 1. The third-order valence-corrected chi connectivity index (χ3v) is 4.60. The molecule has 0 heterocycles. The van der Waals surface area contributed by atoms with E-state index in [1.807, 2.05) is 0 Å². The van der Waals surface area contributed by atoms with Crippen LogP contribution < -0.4 is 0 Å². The molecule has 0 aliphatic heterocycles. The summed E-state index contributed by atoms with van der Waals surface area (Å²) in [5.41, 5.74) is 2.89. The first-order valence-corrected chi connectivity index (χ1v) is 9.06. The van der Waals surface area contributed by atoms with Crippen molar-refractivity contribution in [3.63, 3.8) is 0 Å². The Bertz CT molecular complexity index is 344. The van der Waals surface area contributed by atoms with Gasteiger partial charge in [-0.1, -0.05) is 69.9 Å². The molecule has 1 nitrogen and oxygen atoms in total. The van der Waals surface area contributed by atoms with Crippen molar-refractivity contribution in [2.75, 3.05) is 19.6 Å². The Morgan fingerprint density at radius 1 is 0.714 bits per heavy atom. The van der Waals surface area contributed by atoms with Crippen LogP contribution in [-0.2, 0) is 6.54 Å². The van der Waals surface area contributed by atoms with E-state index in [2.05, 4.69) is 52.0 Å². The van der Waals surface area contributed by atoms with Gasteiger partial charge in [0.25, 0.3) is 0 Å². The Labute approximate surface area is 133 Å². The summed E-state index contributed by atoms with van der Waals surface area (Å²) in [6.07, 6.45) is 8.02. The number of aryl methyl sites for hydroxylation is 1. The number of hydrogen-bond acceptors (Lipinski definition) is 0. The zero-order chi connectivity index (χ0) is 15.6. The fraction of sp³-hybridized carbons (Fsp3) is 0.700. The predicted octanol–water partition coefficient (Wildman–Crippen LogP) is 5.71. The molecule has 0 aliphatic carbocycles. The molecule has 0 amide bonds. The molecule has 0 aromatic heterocycles. The first-order valence-electron chi connectivity index (χ1n) is 9.06. The Morgan fingerprint density at radius 2 is 1.14 bits per heavy atom. The van der Waals surface area contributed by atoms with Crippen molar-refractivity contribution in [2.24, 2.45) is 0 Å². The smallest absolute Gasteiger partial charge is 0.104 e. The van der Waals surface area contributed by atoms with Gasteiger partial charge in [0, 0.05) is 5.56 Å². The largest absolute Gasteiger partial charge is 0.320 e. The van der Waals surface area contributed by atoms with Gasteiger partial charge in [-0.2, -0.15) is 0 Å². The number of unbranched alkanes of at least 4 members (excludes halogenated alkanes) is 3. The second-order valence-corrected chi connectivity index (χ2v) is 6.72. The van der Waals surface area contributed by atoms with Crippen molar-refractivity contribution in [2.45, 2.75) is 72.8 Å². The second-order valence-electron chi connectivity index (χ2n) is 6.72. The molecule has 1 aromatic carbocycles. The van der Waals surface area contributed by atoms with Crippen molar-refractivity contribution < 1.29 is 4.48 Å². The molecule has 0 bridgehead atoms. The van der Waals surface area contributed by atoms with E-state index < -0.39 is 0 Å². The molecule has 0 N–H and O–H groups in total. The van der Waals surface area contributed by atoms with Crippen LogP contribution in [0, 0.1) is 6.92 Å². The Balaban J connectivity index is 2.85. The first kappa shape index (κ1) is 18.2. The van der Waals surface area contributed by atoms with E-state index in [1.54, 1.807) is 0 Å². The highest BCUT2D eigenvalue weighted by atomic mass is 15.3. The minimum atomic E-state index is 1.22. The van der Waals surface area contributed by atoms with Gasteiger partial charge in [0.15, 0.2) is 0 Å². The van der Waals surface area contributed by atoms with Crippen LogP contribution in [0.4, 0.5) is 0 Å². The summed E-state index contributed by atoms with van der Waals surface area (Å²) >= 11 is 0. The van der Waals surface area contributed by atoms with Crippen LogP contribution in [0.1, 0.15) is 70.4 Å². The van der Waals surface area contributed by atoms with Crippen molar-refractivity contribution in [1.29, 1.82) is 0 Å². The molecule has 1 heteroatoms. The van der Waals surface area contributed by atoms with Gasteiger partial charge in [-0.25, -0.2) is 0 Å². The van der Waals surface area contributed by atoms with E-state index in [9.17, 15) is 0 Å². The molecule has 21 heavy (non-hydrogen) atoms. The molecule has 0 saturated heterocycles. The molecule has 0 atom stereocenters. The van der Waals surface area contributed by atoms with Crippen molar-refractivity contribution >= 4 is 0 Å². The molecular formula is C20H36N+. The highest BCUT2D eigenvalue weighted by molar-refractivity contribution is 5.20. The molecule has 0 aliphatic rings.